The van der Waals surface area contributed by atoms with Gasteiger partial charge in [-0.15, -0.1) is 0 Å². The second-order valence-corrected chi connectivity index (χ2v) is 9.60. The number of anilines is 1. The lowest BCUT2D eigenvalue weighted by Gasteiger charge is -2.47. The number of ether oxygens (including phenoxy) is 1. The summed E-state index contributed by atoms with van der Waals surface area (Å²) in [6, 6.07) is 5.92. The molecule has 0 N–H and O–H groups in total. The number of hydrogen-bond donors (Lipinski definition) is 0. The van der Waals surface area contributed by atoms with Crippen molar-refractivity contribution >= 4 is 34.0 Å². The molecule has 6 heteroatoms. The molecule has 0 aliphatic carbocycles. The van der Waals surface area contributed by atoms with Crippen molar-refractivity contribution in [2.45, 2.75) is 52.1 Å². The third kappa shape index (κ3) is 4.65. The minimum absolute atomic E-state index is 0.195. The third-order valence-corrected chi connectivity index (χ3v) is 6.48. The number of piperidine rings is 2. The van der Waals surface area contributed by atoms with Crippen LogP contribution in [0.4, 0.5) is 10.5 Å². The van der Waals surface area contributed by atoms with E-state index in [1.54, 1.807) is 0 Å². The SMILES string of the molecule is CC(C)(C)OC(=O)N1CCC2(CC1)CCN(c1cccc(Br)c1C=O)CC2. The number of carbonyl (C=O) groups is 2. The smallest absolute Gasteiger partial charge is 0.410 e. The first-order valence-electron chi connectivity index (χ1n) is 9.70. The molecule has 0 radical (unpaired) electrons. The Bertz CT molecular complexity index is 696. The molecule has 2 aliphatic rings. The van der Waals surface area contributed by atoms with Crippen molar-refractivity contribution in [2.24, 2.45) is 5.41 Å². The normalized spacial score (nSPS) is 19.9. The van der Waals surface area contributed by atoms with Crippen LogP contribution in [0.15, 0.2) is 22.7 Å². The Morgan fingerprint density at radius 1 is 1.11 bits per heavy atom. The first kappa shape index (κ1) is 20.2. The maximum absolute atomic E-state index is 12.3. The minimum Gasteiger partial charge on any atom is -0.444 e. The van der Waals surface area contributed by atoms with E-state index in [0.29, 0.717) is 5.41 Å². The lowest BCUT2D eigenvalue weighted by atomic mass is 9.71. The molecule has 2 aliphatic heterocycles. The Morgan fingerprint density at radius 2 is 1.70 bits per heavy atom. The highest BCUT2D eigenvalue weighted by Crippen LogP contribution is 2.43. The second kappa shape index (κ2) is 7.82. The van der Waals surface area contributed by atoms with Gasteiger partial charge in [-0.05, 0) is 79.9 Å². The van der Waals surface area contributed by atoms with Gasteiger partial charge >= 0.3 is 6.09 Å². The van der Waals surface area contributed by atoms with Crippen LogP contribution >= 0.6 is 15.9 Å². The summed E-state index contributed by atoms with van der Waals surface area (Å²) >= 11 is 3.48. The number of aldehydes is 1. The highest BCUT2D eigenvalue weighted by Gasteiger charge is 2.39. The lowest BCUT2D eigenvalue weighted by molar-refractivity contribution is 0.00666. The van der Waals surface area contributed by atoms with Gasteiger partial charge in [0.05, 0.1) is 5.56 Å². The third-order valence-electron chi connectivity index (χ3n) is 5.79. The first-order valence-corrected chi connectivity index (χ1v) is 10.5. The summed E-state index contributed by atoms with van der Waals surface area (Å²) in [4.78, 5) is 27.9. The van der Waals surface area contributed by atoms with Crippen molar-refractivity contribution in [1.29, 1.82) is 0 Å². The van der Waals surface area contributed by atoms with Gasteiger partial charge in [0.25, 0.3) is 0 Å². The zero-order valence-electron chi connectivity index (χ0n) is 16.5. The number of halogens is 1. The van der Waals surface area contributed by atoms with Crippen molar-refractivity contribution in [1.82, 2.24) is 4.90 Å². The van der Waals surface area contributed by atoms with Crippen LogP contribution in [-0.4, -0.2) is 49.1 Å². The van der Waals surface area contributed by atoms with Gasteiger partial charge in [-0.1, -0.05) is 6.07 Å². The monoisotopic (exact) mass is 436 g/mol. The van der Waals surface area contributed by atoms with Crippen LogP contribution in [-0.2, 0) is 4.74 Å². The standard InChI is InChI=1S/C21H29BrN2O3/c1-20(2,3)27-19(26)24-13-9-21(10-14-24)7-11-23(12-8-21)18-6-4-5-17(22)16(18)15-25/h4-6,15H,7-14H2,1-3H3. The second-order valence-electron chi connectivity index (χ2n) is 8.74. The summed E-state index contributed by atoms with van der Waals surface area (Å²) < 4.78 is 6.35. The van der Waals surface area contributed by atoms with Gasteiger partial charge < -0.3 is 14.5 Å². The fourth-order valence-corrected chi connectivity index (χ4v) is 4.58. The van der Waals surface area contributed by atoms with Crippen molar-refractivity contribution < 1.29 is 14.3 Å². The van der Waals surface area contributed by atoms with E-state index in [9.17, 15) is 9.59 Å². The first-order chi connectivity index (χ1) is 12.7. The Morgan fingerprint density at radius 3 is 2.26 bits per heavy atom. The number of nitrogens with zero attached hydrogens (tertiary/aromatic N) is 2. The Balaban J connectivity index is 1.58. The topological polar surface area (TPSA) is 49.9 Å². The van der Waals surface area contributed by atoms with Crippen LogP contribution in [0, 0.1) is 5.41 Å². The molecule has 0 aromatic heterocycles. The van der Waals surface area contributed by atoms with Gasteiger partial charge in [-0.25, -0.2) is 4.79 Å². The maximum atomic E-state index is 12.3. The van der Waals surface area contributed by atoms with Crippen molar-refractivity contribution in [2.75, 3.05) is 31.1 Å². The molecule has 1 aromatic carbocycles. The molecule has 0 atom stereocenters. The molecule has 1 aromatic rings. The van der Waals surface area contributed by atoms with E-state index in [0.717, 1.165) is 73.9 Å². The average Bonchev–Trinajstić information content (AvgIpc) is 2.61. The van der Waals surface area contributed by atoms with Crippen LogP contribution in [0.1, 0.15) is 56.8 Å². The minimum atomic E-state index is -0.447. The van der Waals surface area contributed by atoms with Crippen LogP contribution in [0.2, 0.25) is 0 Å². The number of rotatable bonds is 2. The van der Waals surface area contributed by atoms with E-state index in [-0.39, 0.29) is 6.09 Å². The predicted molar refractivity (Wildman–Crippen MR) is 110 cm³/mol. The summed E-state index contributed by atoms with van der Waals surface area (Å²) in [5.41, 5.74) is 1.61. The van der Waals surface area contributed by atoms with Gasteiger partial charge in [-0.3, -0.25) is 4.79 Å². The highest BCUT2D eigenvalue weighted by molar-refractivity contribution is 9.10. The van der Waals surface area contributed by atoms with Gasteiger partial charge in [0.2, 0.25) is 0 Å². The molecular formula is C21H29BrN2O3. The van der Waals surface area contributed by atoms with E-state index < -0.39 is 5.60 Å². The molecule has 3 rings (SSSR count). The average molecular weight is 437 g/mol. The predicted octanol–water partition coefficient (Wildman–Crippen LogP) is 4.88. The number of amides is 1. The van der Waals surface area contributed by atoms with Gasteiger partial charge in [-0.2, -0.15) is 0 Å². The molecule has 2 fully saturated rings. The summed E-state index contributed by atoms with van der Waals surface area (Å²) in [6.45, 7) is 9.15. The van der Waals surface area contributed by atoms with E-state index >= 15 is 0 Å². The summed E-state index contributed by atoms with van der Waals surface area (Å²) in [7, 11) is 0. The maximum Gasteiger partial charge on any atom is 0.410 e. The number of benzene rings is 1. The molecule has 0 saturated carbocycles. The van der Waals surface area contributed by atoms with Crippen LogP contribution in [0.25, 0.3) is 0 Å². The summed E-state index contributed by atoms with van der Waals surface area (Å²) in [5, 5.41) is 0. The molecule has 0 bridgehead atoms. The molecular weight excluding hydrogens is 408 g/mol. The summed E-state index contributed by atoms with van der Waals surface area (Å²) in [5.74, 6) is 0. The molecule has 148 valence electrons. The zero-order valence-corrected chi connectivity index (χ0v) is 18.0. The largest absolute Gasteiger partial charge is 0.444 e. The molecule has 2 saturated heterocycles. The quantitative estimate of drug-likeness (QED) is 0.619. The van der Waals surface area contributed by atoms with Crippen molar-refractivity contribution in [3.63, 3.8) is 0 Å². The Labute approximate surface area is 170 Å². The molecule has 1 amide bonds. The molecule has 27 heavy (non-hydrogen) atoms. The Hall–Kier alpha value is -1.56. The Kier molecular flexibility index (Phi) is 5.84. The fraction of sp³-hybridized carbons (Fsp3) is 0.619. The van der Waals surface area contributed by atoms with Crippen molar-refractivity contribution in [3.05, 3.63) is 28.2 Å². The highest BCUT2D eigenvalue weighted by atomic mass is 79.9. The fourth-order valence-electron chi connectivity index (χ4n) is 4.13. The number of carbonyl (C=O) groups excluding carboxylic acids is 2. The van der Waals surface area contributed by atoms with Crippen LogP contribution in [0.3, 0.4) is 0 Å². The van der Waals surface area contributed by atoms with Gasteiger partial charge in [0.1, 0.15) is 5.60 Å². The zero-order chi connectivity index (χ0) is 19.7. The van der Waals surface area contributed by atoms with Crippen molar-refractivity contribution in [3.8, 4) is 0 Å². The van der Waals surface area contributed by atoms with E-state index in [4.69, 9.17) is 4.74 Å². The van der Waals surface area contributed by atoms with E-state index in [1.165, 1.54) is 0 Å². The molecule has 2 heterocycles. The van der Waals surface area contributed by atoms with Gasteiger partial charge in [0, 0.05) is 36.3 Å². The molecule has 5 nitrogen and oxygen atoms in total. The lowest BCUT2D eigenvalue weighted by Crippen LogP contribution is -2.49. The van der Waals surface area contributed by atoms with Crippen LogP contribution in [0.5, 0.6) is 0 Å². The molecule has 0 unspecified atom stereocenters. The van der Waals surface area contributed by atoms with E-state index in [2.05, 4.69) is 20.8 Å². The van der Waals surface area contributed by atoms with Gasteiger partial charge in [0.15, 0.2) is 6.29 Å². The van der Waals surface area contributed by atoms with Crippen LogP contribution < -0.4 is 4.90 Å². The number of hydrogen-bond acceptors (Lipinski definition) is 4. The number of likely N-dealkylation sites (tertiary alicyclic amines) is 1. The summed E-state index contributed by atoms with van der Waals surface area (Å²) in [6.07, 6.45) is 4.99. The van der Waals surface area contributed by atoms with E-state index in [1.807, 2.05) is 43.9 Å². The molecule has 1 spiro atoms.